The number of carbonyl (C=O) groups is 1. The lowest BCUT2D eigenvalue weighted by Crippen LogP contribution is -2.64. The van der Waals surface area contributed by atoms with Gasteiger partial charge in [0.1, 0.15) is 36.6 Å². The highest BCUT2D eigenvalue weighted by Crippen LogP contribution is 2.47. The summed E-state index contributed by atoms with van der Waals surface area (Å²) in [6, 6.07) is -1.02. The lowest BCUT2D eigenvalue weighted by atomic mass is 9.85. The van der Waals surface area contributed by atoms with E-state index in [4.69, 9.17) is 9.05 Å². The second-order valence-electron chi connectivity index (χ2n) is 15.6. The van der Waals surface area contributed by atoms with Gasteiger partial charge in [0.05, 0.1) is 18.8 Å². The lowest BCUT2D eigenvalue weighted by Gasteiger charge is -2.41. The Morgan fingerprint density at radius 3 is 1.30 bits per heavy atom. The van der Waals surface area contributed by atoms with Crippen molar-refractivity contribution in [2.24, 2.45) is 0 Å². The zero-order chi connectivity index (χ0) is 39.3. The number of aliphatic hydroxyl groups is 6. The molecule has 53 heavy (non-hydrogen) atoms. The lowest BCUT2D eigenvalue weighted by molar-refractivity contribution is -0.220. The molecule has 13 heteroatoms. The van der Waals surface area contributed by atoms with Crippen molar-refractivity contribution < 1.29 is 53.9 Å². The van der Waals surface area contributed by atoms with Gasteiger partial charge in [0.15, 0.2) is 0 Å². The number of nitrogens with one attached hydrogen (secondary N) is 1. The molecule has 1 aliphatic carbocycles. The summed E-state index contributed by atoms with van der Waals surface area (Å²) in [5, 5.41) is 63.9. The van der Waals surface area contributed by atoms with Crippen LogP contribution in [0.15, 0.2) is 0 Å². The van der Waals surface area contributed by atoms with Crippen LogP contribution >= 0.6 is 7.82 Å². The molecule has 6 unspecified atom stereocenters. The Morgan fingerprint density at radius 1 is 0.566 bits per heavy atom. The summed E-state index contributed by atoms with van der Waals surface area (Å²) < 4.78 is 22.9. The van der Waals surface area contributed by atoms with Crippen molar-refractivity contribution in [3.8, 4) is 0 Å². The van der Waals surface area contributed by atoms with Crippen LogP contribution in [0.1, 0.15) is 194 Å². The Morgan fingerprint density at radius 2 is 0.906 bits per heavy atom. The molecule has 0 aromatic rings. The highest BCUT2D eigenvalue weighted by atomic mass is 31.2. The topological polar surface area (TPSA) is 206 Å². The molecule has 1 rings (SSSR count). The van der Waals surface area contributed by atoms with Crippen LogP contribution in [0.5, 0.6) is 0 Å². The van der Waals surface area contributed by atoms with Crippen molar-refractivity contribution in [3.63, 3.8) is 0 Å². The summed E-state index contributed by atoms with van der Waals surface area (Å²) in [7, 11) is -5.04. The maximum atomic E-state index is 12.8. The Labute approximate surface area is 321 Å². The molecule has 8 N–H and O–H groups in total. The average molecular weight is 782 g/mol. The second-order valence-corrected chi connectivity index (χ2v) is 17.0. The summed E-state index contributed by atoms with van der Waals surface area (Å²) in [6.45, 7) is 3.85. The first-order valence-corrected chi connectivity index (χ1v) is 23.0. The molecule has 316 valence electrons. The molecule has 0 aromatic heterocycles. The number of carbonyl (C=O) groups excluding carboxylic acids is 1. The third-order valence-corrected chi connectivity index (χ3v) is 11.7. The normalized spacial score (nSPS) is 24.2. The predicted molar refractivity (Wildman–Crippen MR) is 209 cm³/mol. The van der Waals surface area contributed by atoms with Gasteiger partial charge in [0.2, 0.25) is 5.91 Å². The fourth-order valence-electron chi connectivity index (χ4n) is 7.08. The molecule has 0 heterocycles. The Hall–Kier alpha value is -0.660. The van der Waals surface area contributed by atoms with Gasteiger partial charge in [-0.25, -0.2) is 4.57 Å². The molecule has 1 aliphatic rings. The van der Waals surface area contributed by atoms with E-state index < -0.39 is 63.2 Å². The van der Waals surface area contributed by atoms with E-state index in [2.05, 4.69) is 19.2 Å². The zero-order valence-electron chi connectivity index (χ0n) is 33.3. The van der Waals surface area contributed by atoms with Crippen molar-refractivity contribution in [1.29, 1.82) is 0 Å². The zero-order valence-corrected chi connectivity index (χ0v) is 34.2. The summed E-state index contributed by atoms with van der Waals surface area (Å²) in [6.07, 6.45) is 18.7. The molecule has 0 aliphatic heterocycles. The first-order valence-electron chi connectivity index (χ1n) is 21.5. The van der Waals surface area contributed by atoms with E-state index in [0.717, 1.165) is 38.5 Å². The monoisotopic (exact) mass is 782 g/mol. The number of hydrogen-bond acceptors (Lipinski definition) is 10. The molecule has 0 spiro atoms. The Kier molecular flexibility index (Phi) is 29.9. The van der Waals surface area contributed by atoms with E-state index in [0.29, 0.717) is 19.3 Å². The van der Waals surface area contributed by atoms with Crippen LogP contribution in [0.2, 0.25) is 0 Å². The average Bonchev–Trinajstić information content (AvgIpc) is 3.13. The summed E-state index contributed by atoms with van der Waals surface area (Å²) in [4.78, 5) is 23.2. The fraction of sp³-hybridized carbons (Fsp3) is 0.975. The smallest absolute Gasteiger partial charge is 0.391 e. The number of phosphoric ester groups is 1. The first kappa shape index (κ1) is 50.4. The highest BCUT2D eigenvalue weighted by Gasteiger charge is 2.51. The van der Waals surface area contributed by atoms with E-state index in [1.807, 2.05) is 0 Å². The van der Waals surface area contributed by atoms with Gasteiger partial charge in [0, 0.05) is 6.42 Å². The van der Waals surface area contributed by atoms with Gasteiger partial charge in [-0.2, -0.15) is 0 Å². The summed E-state index contributed by atoms with van der Waals surface area (Å²) >= 11 is 0. The van der Waals surface area contributed by atoms with Gasteiger partial charge >= 0.3 is 7.82 Å². The number of aliphatic hydroxyl groups excluding tert-OH is 6. The number of phosphoric acid groups is 1. The number of amides is 1. The molecule has 1 fully saturated rings. The minimum atomic E-state index is -5.04. The van der Waals surface area contributed by atoms with Crippen LogP contribution in [-0.2, 0) is 18.4 Å². The summed E-state index contributed by atoms with van der Waals surface area (Å²) in [5.74, 6) is -0.310. The number of rotatable bonds is 35. The van der Waals surface area contributed by atoms with Gasteiger partial charge in [0.25, 0.3) is 0 Å². The fourth-order valence-corrected chi connectivity index (χ4v) is 8.05. The van der Waals surface area contributed by atoms with Crippen LogP contribution in [0.25, 0.3) is 0 Å². The molecular weight excluding hydrogens is 701 g/mol. The van der Waals surface area contributed by atoms with Crippen LogP contribution in [-0.4, -0.2) is 96.8 Å². The molecule has 9 atom stereocenters. The van der Waals surface area contributed by atoms with E-state index >= 15 is 0 Å². The quantitative estimate of drug-likeness (QED) is 0.0240. The van der Waals surface area contributed by atoms with Gasteiger partial charge in [-0.05, 0) is 12.8 Å². The summed E-state index contributed by atoms with van der Waals surface area (Å²) in [5.41, 5.74) is 0. The van der Waals surface area contributed by atoms with Crippen molar-refractivity contribution >= 4 is 13.7 Å². The molecule has 1 amide bonds. The molecule has 0 bridgehead atoms. The number of unbranched alkanes of at least 4 members (excludes halogenated alkanes) is 24. The van der Waals surface area contributed by atoms with Crippen LogP contribution in [0.3, 0.4) is 0 Å². The SMILES string of the molecule is CCCCCCCCCCCCCCCCCCC[C@@H](O)[C@H](COP(=O)(O)OC1C(O)C(O)C(O)[C@@H](O)C1O)NC(=O)CCCCCCCCCCC. The molecule has 0 radical (unpaired) electrons. The molecular formula is C40H80NO11P. The minimum Gasteiger partial charge on any atom is -0.391 e. The number of hydrogen-bond donors (Lipinski definition) is 8. The second kappa shape index (κ2) is 31.4. The van der Waals surface area contributed by atoms with Gasteiger partial charge in [-0.3, -0.25) is 13.8 Å². The van der Waals surface area contributed by atoms with Crippen molar-refractivity contribution in [1.82, 2.24) is 5.32 Å². The third kappa shape index (κ3) is 23.9. The maximum absolute atomic E-state index is 12.8. The predicted octanol–water partition coefficient (Wildman–Crippen LogP) is 7.12. The molecule has 0 aromatic carbocycles. The van der Waals surface area contributed by atoms with Crippen LogP contribution < -0.4 is 5.32 Å². The first-order chi connectivity index (χ1) is 25.4. The van der Waals surface area contributed by atoms with Crippen molar-refractivity contribution in [2.75, 3.05) is 6.61 Å². The van der Waals surface area contributed by atoms with Crippen molar-refractivity contribution in [2.45, 2.75) is 242 Å². The van der Waals surface area contributed by atoms with E-state index in [1.165, 1.54) is 116 Å². The standard InChI is InChI=1S/C40H80NO11P/c1-3-5-7-9-11-13-14-15-16-17-18-19-20-22-23-25-27-29-33(42)32(41-34(43)30-28-26-24-21-12-10-8-6-4-2)31-51-53(49,50)52-40-38(47)36(45)35(44)37(46)39(40)48/h32-33,35-40,42,44-48H,3-31H2,1-2H3,(H,41,43)(H,49,50)/t32-,33+,35?,36+,37?,38?,39?,40?/m0/s1. The van der Waals surface area contributed by atoms with E-state index in [9.17, 15) is 44.9 Å². The largest absolute Gasteiger partial charge is 0.472 e. The molecule has 12 nitrogen and oxygen atoms in total. The van der Waals surface area contributed by atoms with Gasteiger partial charge < -0.3 is 40.8 Å². The van der Waals surface area contributed by atoms with Crippen LogP contribution in [0, 0.1) is 0 Å². The van der Waals surface area contributed by atoms with Gasteiger partial charge in [-0.1, -0.05) is 174 Å². The van der Waals surface area contributed by atoms with E-state index in [-0.39, 0.29) is 12.3 Å². The Balaban J connectivity index is 2.47. The highest BCUT2D eigenvalue weighted by molar-refractivity contribution is 7.47. The van der Waals surface area contributed by atoms with Crippen LogP contribution in [0.4, 0.5) is 0 Å². The molecule has 1 saturated carbocycles. The molecule has 0 saturated heterocycles. The third-order valence-electron chi connectivity index (χ3n) is 10.7. The minimum absolute atomic E-state index is 0.240. The van der Waals surface area contributed by atoms with Gasteiger partial charge in [-0.15, -0.1) is 0 Å². The van der Waals surface area contributed by atoms with E-state index in [1.54, 1.807) is 0 Å². The Bertz CT molecular complexity index is 915. The maximum Gasteiger partial charge on any atom is 0.472 e. The van der Waals surface area contributed by atoms with Crippen molar-refractivity contribution in [3.05, 3.63) is 0 Å².